The van der Waals surface area contributed by atoms with Crippen LogP contribution in [0.1, 0.15) is 41.7 Å². The molecule has 0 fully saturated rings. The number of carbonyl (C=O) groups excluding carboxylic acids is 1. The molecule has 1 N–H and O–H groups in total. The van der Waals surface area contributed by atoms with Crippen molar-refractivity contribution in [3.05, 3.63) is 71.1 Å². The summed E-state index contributed by atoms with van der Waals surface area (Å²) in [6.07, 6.45) is 0. The van der Waals surface area contributed by atoms with Crippen LogP contribution in [0.15, 0.2) is 58.4 Å². The van der Waals surface area contributed by atoms with E-state index < -0.39 is 0 Å². The van der Waals surface area contributed by atoms with Crippen LogP contribution < -0.4 is 5.32 Å². The number of hydrogen-bond acceptors (Lipinski definition) is 6. The fourth-order valence-corrected chi connectivity index (χ4v) is 3.71. The van der Waals surface area contributed by atoms with E-state index in [4.69, 9.17) is 4.52 Å². The standard InChI is InChI=1S/C22H20N4O2S/c1-13(2)15-8-10-16(11-9-15)22-25-19(12-29-22)21(27)24-18-7-5-4-6-17(18)20-23-14(3)28-26-20/h4-13H,1-3H3,(H,24,27). The maximum atomic E-state index is 12.8. The van der Waals surface area contributed by atoms with E-state index in [-0.39, 0.29) is 5.91 Å². The predicted molar refractivity (Wildman–Crippen MR) is 114 cm³/mol. The molecule has 4 aromatic rings. The van der Waals surface area contributed by atoms with E-state index in [1.165, 1.54) is 16.9 Å². The van der Waals surface area contributed by atoms with Crippen molar-refractivity contribution in [1.29, 1.82) is 0 Å². The highest BCUT2D eigenvalue weighted by molar-refractivity contribution is 7.13. The Morgan fingerprint density at radius 3 is 2.52 bits per heavy atom. The second kappa shape index (κ2) is 7.97. The highest BCUT2D eigenvalue weighted by Crippen LogP contribution is 2.28. The van der Waals surface area contributed by atoms with Gasteiger partial charge >= 0.3 is 0 Å². The highest BCUT2D eigenvalue weighted by Gasteiger charge is 2.16. The second-order valence-electron chi connectivity index (χ2n) is 6.95. The SMILES string of the molecule is Cc1nc(-c2ccccc2NC(=O)c2csc(-c3ccc(C(C)C)cc3)n2)no1. The molecule has 0 atom stereocenters. The van der Waals surface area contributed by atoms with E-state index in [0.717, 1.165) is 10.6 Å². The van der Waals surface area contributed by atoms with E-state index in [9.17, 15) is 4.79 Å². The fraction of sp³-hybridized carbons (Fsp3) is 0.182. The minimum atomic E-state index is -0.279. The third-order valence-electron chi connectivity index (χ3n) is 4.50. The van der Waals surface area contributed by atoms with Gasteiger partial charge in [0, 0.05) is 23.4 Å². The number of para-hydroxylation sites is 1. The number of benzene rings is 2. The van der Waals surface area contributed by atoms with Gasteiger partial charge in [0.25, 0.3) is 5.91 Å². The third kappa shape index (κ3) is 4.09. The zero-order chi connectivity index (χ0) is 20.4. The number of nitrogens with zero attached hydrogens (tertiary/aromatic N) is 3. The Balaban J connectivity index is 1.55. The van der Waals surface area contributed by atoms with Crippen LogP contribution >= 0.6 is 11.3 Å². The Labute approximate surface area is 172 Å². The summed E-state index contributed by atoms with van der Waals surface area (Å²) in [5.74, 6) is 1.10. The number of hydrogen-bond donors (Lipinski definition) is 1. The molecule has 0 unspecified atom stereocenters. The summed E-state index contributed by atoms with van der Waals surface area (Å²) in [5, 5.41) is 9.42. The number of carbonyl (C=O) groups is 1. The molecule has 0 aliphatic carbocycles. The lowest BCUT2D eigenvalue weighted by Gasteiger charge is -2.07. The van der Waals surface area contributed by atoms with Gasteiger partial charge in [-0.25, -0.2) is 4.98 Å². The summed E-state index contributed by atoms with van der Waals surface area (Å²) in [6.45, 7) is 6.05. The Bertz CT molecular complexity index is 1150. The minimum Gasteiger partial charge on any atom is -0.339 e. The van der Waals surface area contributed by atoms with Crippen molar-refractivity contribution in [3.63, 3.8) is 0 Å². The molecule has 7 heteroatoms. The normalized spacial score (nSPS) is 11.0. The van der Waals surface area contributed by atoms with Gasteiger partial charge in [0.1, 0.15) is 10.7 Å². The molecule has 146 valence electrons. The average molecular weight is 404 g/mol. The molecule has 0 saturated carbocycles. The third-order valence-corrected chi connectivity index (χ3v) is 5.40. The summed E-state index contributed by atoms with van der Waals surface area (Å²) >= 11 is 1.45. The molecule has 0 bridgehead atoms. The van der Waals surface area contributed by atoms with E-state index in [1.54, 1.807) is 18.4 Å². The summed E-state index contributed by atoms with van der Waals surface area (Å²) in [4.78, 5) is 21.5. The van der Waals surface area contributed by atoms with Crippen molar-refractivity contribution >= 4 is 22.9 Å². The summed E-state index contributed by atoms with van der Waals surface area (Å²) in [7, 11) is 0. The first-order valence-corrected chi connectivity index (χ1v) is 10.2. The number of rotatable bonds is 5. The first kappa shape index (κ1) is 19.0. The van der Waals surface area contributed by atoms with Crippen LogP contribution in [-0.2, 0) is 0 Å². The van der Waals surface area contributed by atoms with Crippen molar-refractivity contribution in [3.8, 4) is 22.0 Å². The molecule has 2 aromatic heterocycles. The maximum absolute atomic E-state index is 12.8. The number of nitrogens with one attached hydrogen (secondary N) is 1. The zero-order valence-corrected chi connectivity index (χ0v) is 17.2. The molecular weight excluding hydrogens is 384 g/mol. The van der Waals surface area contributed by atoms with Gasteiger partial charge < -0.3 is 9.84 Å². The zero-order valence-electron chi connectivity index (χ0n) is 16.3. The van der Waals surface area contributed by atoms with Gasteiger partial charge in [0.05, 0.1) is 5.69 Å². The van der Waals surface area contributed by atoms with Gasteiger partial charge in [-0.3, -0.25) is 4.79 Å². The minimum absolute atomic E-state index is 0.279. The molecule has 2 heterocycles. The largest absolute Gasteiger partial charge is 0.339 e. The van der Waals surface area contributed by atoms with Crippen LogP contribution in [-0.4, -0.2) is 21.0 Å². The first-order chi connectivity index (χ1) is 14.0. The van der Waals surface area contributed by atoms with Gasteiger partial charge in [-0.15, -0.1) is 11.3 Å². The van der Waals surface area contributed by atoms with Crippen LogP contribution in [0.5, 0.6) is 0 Å². The van der Waals surface area contributed by atoms with Crippen molar-refractivity contribution < 1.29 is 9.32 Å². The molecule has 0 radical (unpaired) electrons. The average Bonchev–Trinajstić information content (AvgIpc) is 3.38. The highest BCUT2D eigenvalue weighted by atomic mass is 32.1. The maximum Gasteiger partial charge on any atom is 0.275 e. The molecule has 4 rings (SSSR count). The number of thiazole rings is 1. The van der Waals surface area contributed by atoms with Gasteiger partial charge in [-0.2, -0.15) is 4.98 Å². The first-order valence-electron chi connectivity index (χ1n) is 9.28. The Morgan fingerprint density at radius 1 is 1.07 bits per heavy atom. The Kier molecular flexibility index (Phi) is 5.22. The Hall–Kier alpha value is -3.32. The van der Waals surface area contributed by atoms with E-state index in [0.29, 0.717) is 34.6 Å². The lowest BCUT2D eigenvalue weighted by molar-refractivity contribution is 0.102. The van der Waals surface area contributed by atoms with E-state index in [2.05, 4.69) is 46.4 Å². The fourth-order valence-electron chi connectivity index (χ4n) is 2.90. The van der Waals surface area contributed by atoms with E-state index >= 15 is 0 Å². The number of anilines is 1. The number of aryl methyl sites for hydroxylation is 1. The van der Waals surface area contributed by atoms with Crippen LogP contribution in [0, 0.1) is 6.92 Å². The van der Waals surface area contributed by atoms with E-state index in [1.807, 2.05) is 30.3 Å². The molecule has 0 aliphatic rings. The molecule has 0 saturated heterocycles. The van der Waals surface area contributed by atoms with Gasteiger partial charge in [0.15, 0.2) is 0 Å². The van der Waals surface area contributed by atoms with Gasteiger partial charge in [-0.1, -0.05) is 55.4 Å². The quantitative estimate of drug-likeness (QED) is 0.472. The Morgan fingerprint density at radius 2 is 1.83 bits per heavy atom. The molecular formula is C22H20N4O2S. The number of aromatic nitrogens is 3. The van der Waals surface area contributed by atoms with Crippen LogP contribution in [0.3, 0.4) is 0 Å². The smallest absolute Gasteiger partial charge is 0.275 e. The lowest BCUT2D eigenvalue weighted by atomic mass is 10.0. The van der Waals surface area contributed by atoms with Gasteiger partial charge in [0.2, 0.25) is 11.7 Å². The van der Waals surface area contributed by atoms with Gasteiger partial charge in [-0.05, 0) is 23.6 Å². The van der Waals surface area contributed by atoms with Crippen molar-refractivity contribution in [2.75, 3.05) is 5.32 Å². The van der Waals surface area contributed by atoms with Crippen LogP contribution in [0.2, 0.25) is 0 Å². The summed E-state index contributed by atoms with van der Waals surface area (Å²) in [6, 6.07) is 15.6. The summed E-state index contributed by atoms with van der Waals surface area (Å²) in [5.41, 5.74) is 3.95. The topological polar surface area (TPSA) is 80.9 Å². The molecule has 0 spiro atoms. The number of amides is 1. The molecule has 6 nitrogen and oxygen atoms in total. The lowest BCUT2D eigenvalue weighted by Crippen LogP contribution is -2.13. The predicted octanol–water partition coefficient (Wildman–Crippen LogP) is 5.54. The monoisotopic (exact) mass is 404 g/mol. The molecule has 0 aliphatic heterocycles. The van der Waals surface area contributed by atoms with Crippen molar-refractivity contribution in [1.82, 2.24) is 15.1 Å². The second-order valence-corrected chi connectivity index (χ2v) is 7.81. The van der Waals surface area contributed by atoms with Crippen molar-refractivity contribution in [2.24, 2.45) is 0 Å². The molecule has 29 heavy (non-hydrogen) atoms. The van der Waals surface area contributed by atoms with Crippen molar-refractivity contribution in [2.45, 2.75) is 26.7 Å². The van der Waals surface area contributed by atoms with Crippen LogP contribution in [0.25, 0.3) is 22.0 Å². The molecule has 2 aromatic carbocycles. The van der Waals surface area contributed by atoms with Crippen LogP contribution in [0.4, 0.5) is 5.69 Å². The summed E-state index contributed by atoms with van der Waals surface area (Å²) < 4.78 is 5.05. The molecule has 1 amide bonds.